The average Bonchev–Trinajstić information content (AvgIpc) is 3.78. The van der Waals surface area contributed by atoms with Crippen LogP contribution >= 0.6 is 0 Å². The number of carbonyl (C=O) groups excluding carboxylic acids is 2. The van der Waals surface area contributed by atoms with E-state index in [9.17, 15) is 14.7 Å². The summed E-state index contributed by atoms with van der Waals surface area (Å²) in [6.45, 7) is 4.03. The second-order valence-corrected chi connectivity index (χ2v) is 12.3. The molecule has 0 saturated carbocycles. The van der Waals surface area contributed by atoms with Gasteiger partial charge in [-0.3, -0.25) is 9.59 Å². The van der Waals surface area contributed by atoms with E-state index in [2.05, 4.69) is 50.3 Å². The maximum atomic E-state index is 12.2. The molecule has 1 saturated heterocycles. The summed E-state index contributed by atoms with van der Waals surface area (Å²) in [4.78, 5) is 24.2. The van der Waals surface area contributed by atoms with Crippen LogP contribution in [0.15, 0.2) is 36.5 Å². The molecule has 3 atom stereocenters. The smallest absolute Gasteiger partial charge is 0.306 e. The van der Waals surface area contributed by atoms with Crippen molar-refractivity contribution in [1.29, 1.82) is 0 Å². The van der Waals surface area contributed by atoms with Gasteiger partial charge in [0.1, 0.15) is 6.61 Å². The fraction of sp³-hybridized carbons (Fsp3) is 0.789. The molecule has 1 fully saturated rings. The van der Waals surface area contributed by atoms with Crippen LogP contribution < -0.4 is 0 Å². The SMILES string of the molecule is CCCCC/C=C\C/C=C\C/C=C\CC1OC1CCCC(=O)O[C@@H](CO)COC(=O)CCCCCCCCCCCCCC. The Morgan fingerprint density at radius 2 is 1.20 bits per heavy atom. The second-order valence-electron chi connectivity index (χ2n) is 12.3. The first-order valence-corrected chi connectivity index (χ1v) is 18.2. The number of rotatable bonds is 31. The van der Waals surface area contributed by atoms with Crippen molar-refractivity contribution >= 4 is 11.9 Å². The highest BCUT2D eigenvalue weighted by molar-refractivity contribution is 5.70. The van der Waals surface area contributed by atoms with Crippen molar-refractivity contribution in [3.05, 3.63) is 36.5 Å². The topological polar surface area (TPSA) is 85.4 Å². The molecule has 6 nitrogen and oxygen atoms in total. The maximum Gasteiger partial charge on any atom is 0.306 e. The molecule has 0 aromatic rings. The molecule has 2 unspecified atom stereocenters. The van der Waals surface area contributed by atoms with Gasteiger partial charge < -0.3 is 19.3 Å². The fourth-order valence-corrected chi connectivity index (χ4v) is 5.23. The van der Waals surface area contributed by atoms with Crippen LogP contribution in [0.1, 0.15) is 162 Å². The summed E-state index contributed by atoms with van der Waals surface area (Å²) in [5.74, 6) is -0.667. The van der Waals surface area contributed by atoms with E-state index in [4.69, 9.17) is 14.2 Å². The lowest BCUT2D eigenvalue weighted by atomic mass is 10.0. The summed E-state index contributed by atoms with van der Waals surface area (Å²) in [5.41, 5.74) is 0. The monoisotopic (exact) mass is 618 g/mol. The number of aliphatic hydroxyl groups excluding tert-OH is 1. The summed E-state index contributed by atoms with van der Waals surface area (Å²) >= 11 is 0. The Hall–Kier alpha value is -1.92. The molecule has 44 heavy (non-hydrogen) atoms. The summed E-state index contributed by atoms with van der Waals surface area (Å²) in [6.07, 6.45) is 37.9. The molecule has 0 bridgehead atoms. The highest BCUT2D eigenvalue weighted by atomic mass is 16.6. The lowest BCUT2D eigenvalue weighted by Gasteiger charge is -2.15. The van der Waals surface area contributed by atoms with Crippen LogP contribution in [-0.2, 0) is 23.8 Å². The van der Waals surface area contributed by atoms with Gasteiger partial charge in [-0.15, -0.1) is 0 Å². The Morgan fingerprint density at radius 3 is 1.84 bits per heavy atom. The van der Waals surface area contributed by atoms with Crippen molar-refractivity contribution in [3.63, 3.8) is 0 Å². The van der Waals surface area contributed by atoms with Crippen LogP contribution in [0.25, 0.3) is 0 Å². The van der Waals surface area contributed by atoms with Crippen molar-refractivity contribution in [2.75, 3.05) is 13.2 Å². The highest BCUT2D eigenvalue weighted by Crippen LogP contribution is 2.30. The molecule has 1 heterocycles. The van der Waals surface area contributed by atoms with E-state index in [1.165, 1.54) is 83.5 Å². The van der Waals surface area contributed by atoms with E-state index in [1.807, 2.05) is 0 Å². The number of carbonyl (C=O) groups is 2. The molecule has 0 radical (unpaired) electrons. The Kier molecular flexibility index (Phi) is 27.1. The minimum Gasteiger partial charge on any atom is -0.462 e. The van der Waals surface area contributed by atoms with Gasteiger partial charge in [-0.25, -0.2) is 0 Å². The molecular formula is C38H66O6. The zero-order chi connectivity index (χ0) is 31.9. The Labute approximate surface area is 270 Å². The van der Waals surface area contributed by atoms with E-state index in [0.29, 0.717) is 12.8 Å². The van der Waals surface area contributed by atoms with Gasteiger partial charge >= 0.3 is 11.9 Å². The first-order valence-electron chi connectivity index (χ1n) is 18.2. The summed E-state index contributed by atoms with van der Waals surface area (Å²) in [6, 6.07) is 0. The number of ether oxygens (including phenoxy) is 3. The van der Waals surface area contributed by atoms with Gasteiger partial charge in [0.2, 0.25) is 0 Å². The Bertz CT molecular complexity index is 773. The number of aliphatic hydroxyl groups is 1. The second kappa shape index (κ2) is 29.8. The van der Waals surface area contributed by atoms with Crippen LogP contribution in [0.2, 0.25) is 0 Å². The molecule has 1 rings (SSSR count). The van der Waals surface area contributed by atoms with Gasteiger partial charge in [0.25, 0.3) is 0 Å². The third-order valence-electron chi connectivity index (χ3n) is 8.11. The van der Waals surface area contributed by atoms with Gasteiger partial charge in [-0.05, 0) is 51.4 Å². The van der Waals surface area contributed by atoms with E-state index in [1.54, 1.807) is 0 Å². The molecule has 0 amide bonds. The van der Waals surface area contributed by atoms with Gasteiger partial charge in [0.15, 0.2) is 6.10 Å². The molecule has 1 aliphatic heterocycles. The fourth-order valence-electron chi connectivity index (χ4n) is 5.23. The van der Waals surface area contributed by atoms with Gasteiger partial charge in [0, 0.05) is 12.8 Å². The molecule has 1 aliphatic rings. The minimum atomic E-state index is -0.806. The van der Waals surface area contributed by atoms with E-state index in [0.717, 1.165) is 44.9 Å². The van der Waals surface area contributed by atoms with Gasteiger partial charge in [-0.1, -0.05) is 134 Å². The van der Waals surface area contributed by atoms with Crippen molar-refractivity contribution < 1.29 is 28.9 Å². The zero-order valence-electron chi connectivity index (χ0n) is 28.4. The van der Waals surface area contributed by atoms with E-state index >= 15 is 0 Å². The maximum absolute atomic E-state index is 12.2. The molecule has 1 N–H and O–H groups in total. The van der Waals surface area contributed by atoms with Crippen LogP contribution in [0.5, 0.6) is 0 Å². The predicted molar refractivity (Wildman–Crippen MR) is 182 cm³/mol. The van der Waals surface area contributed by atoms with E-state index in [-0.39, 0.29) is 43.8 Å². The van der Waals surface area contributed by atoms with Crippen molar-refractivity contribution in [3.8, 4) is 0 Å². The number of unbranched alkanes of at least 4 members (excludes halogenated alkanes) is 14. The summed E-state index contributed by atoms with van der Waals surface area (Å²) < 4.78 is 16.3. The standard InChI is InChI=1S/C38H66O6/c1-3-5-7-9-11-13-15-17-19-21-23-25-28-35-36(44-35)29-27-31-38(41)43-34(32-39)33-42-37(40)30-26-24-22-20-18-16-14-12-10-8-6-4-2/h11,13,17,19,23,25,34-36,39H,3-10,12,14-16,18,20-22,24,26-33H2,1-2H3/b13-11-,19-17-,25-23-/t34-,35?,36?/m0/s1. The van der Waals surface area contributed by atoms with E-state index < -0.39 is 6.10 Å². The summed E-state index contributed by atoms with van der Waals surface area (Å²) in [7, 11) is 0. The Balaban J connectivity index is 1.97. The summed E-state index contributed by atoms with van der Waals surface area (Å²) in [5, 5.41) is 9.54. The average molecular weight is 619 g/mol. The molecular weight excluding hydrogens is 552 g/mol. The number of esters is 2. The molecule has 0 spiro atoms. The number of hydrogen-bond acceptors (Lipinski definition) is 6. The first-order chi connectivity index (χ1) is 21.6. The molecule has 254 valence electrons. The lowest BCUT2D eigenvalue weighted by molar-refractivity contribution is -0.161. The van der Waals surface area contributed by atoms with Gasteiger partial charge in [0.05, 0.1) is 18.8 Å². The predicted octanol–water partition coefficient (Wildman–Crippen LogP) is 9.88. The number of hydrogen-bond donors (Lipinski definition) is 1. The third kappa shape index (κ3) is 25.4. The first kappa shape index (κ1) is 40.1. The molecule has 0 aromatic heterocycles. The van der Waals surface area contributed by atoms with Gasteiger partial charge in [-0.2, -0.15) is 0 Å². The van der Waals surface area contributed by atoms with Crippen LogP contribution in [0.4, 0.5) is 0 Å². The normalized spacial score (nSPS) is 17.2. The highest BCUT2D eigenvalue weighted by Gasteiger charge is 2.36. The van der Waals surface area contributed by atoms with Crippen LogP contribution in [0.3, 0.4) is 0 Å². The third-order valence-corrected chi connectivity index (χ3v) is 8.11. The minimum absolute atomic E-state index is 0.0928. The number of epoxide rings is 1. The van der Waals surface area contributed by atoms with Crippen molar-refractivity contribution in [2.24, 2.45) is 0 Å². The molecule has 0 aliphatic carbocycles. The van der Waals surface area contributed by atoms with Crippen molar-refractivity contribution in [1.82, 2.24) is 0 Å². The quantitative estimate of drug-likeness (QED) is 0.0360. The lowest BCUT2D eigenvalue weighted by Crippen LogP contribution is -2.28. The van der Waals surface area contributed by atoms with Crippen LogP contribution in [0, 0.1) is 0 Å². The zero-order valence-corrected chi connectivity index (χ0v) is 28.4. The Morgan fingerprint density at radius 1 is 0.659 bits per heavy atom. The molecule has 6 heteroatoms. The molecule has 0 aromatic carbocycles. The van der Waals surface area contributed by atoms with Crippen LogP contribution in [-0.4, -0.2) is 48.6 Å². The largest absolute Gasteiger partial charge is 0.462 e. The van der Waals surface area contributed by atoms with Crippen molar-refractivity contribution in [2.45, 2.75) is 180 Å². The number of allylic oxidation sites excluding steroid dienone is 5.